The van der Waals surface area contributed by atoms with Crippen molar-refractivity contribution in [1.82, 2.24) is 15.1 Å². The number of carbonyl (C=O) groups is 1. The number of pyridine rings is 1. The Bertz CT molecular complexity index is 1180. The summed E-state index contributed by atoms with van der Waals surface area (Å²) < 4.78 is 5.29. The van der Waals surface area contributed by atoms with E-state index < -0.39 is 0 Å². The molecule has 0 aliphatic carbocycles. The molecule has 1 saturated heterocycles. The van der Waals surface area contributed by atoms with Crippen LogP contribution in [0, 0.1) is 0 Å². The molecule has 1 fully saturated rings. The number of thiophene rings is 1. The minimum Gasteiger partial charge on any atom is -0.371 e. The van der Waals surface area contributed by atoms with E-state index in [0.717, 1.165) is 35.1 Å². The van der Waals surface area contributed by atoms with Gasteiger partial charge < -0.3 is 14.7 Å². The molecule has 0 bridgehead atoms. The summed E-state index contributed by atoms with van der Waals surface area (Å²) >= 11 is 1.58. The highest BCUT2D eigenvalue weighted by atomic mass is 32.1. The summed E-state index contributed by atoms with van der Waals surface area (Å²) in [6, 6.07) is 8.06. The third-order valence-electron chi connectivity index (χ3n) is 5.58. The van der Waals surface area contributed by atoms with Crippen LogP contribution < -0.4 is 10.2 Å². The number of fused-ring (bicyclic) bond motifs is 1. The number of benzene rings is 1. The normalized spacial score (nSPS) is 14.1. The van der Waals surface area contributed by atoms with Gasteiger partial charge in [0.25, 0.3) is 0 Å². The lowest BCUT2D eigenvalue weighted by Gasteiger charge is -2.30. The maximum atomic E-state index is 12.6. The number of anilines is 2. The van der Waals surface area contributed by atoms with Crippen LogP contribution in [0.25, 0.3) is 22.2 Å². The molecule has 1 N–H and O–H groups in total. The first-order chi connectivity index (χ1) is 15.3. The Morgan fingerprint density at radius 2 is 2.03 bits per heavy atom. The van der Waals surface area contributed by atoms with Crippen LogP contribution in [0.15, 0.2) is 51.9 Å². The van der Waals surface area contributed by atoms with Crippen molar-refractivity contribution in [3.8, 4) is 11.4 Å². The molecule has 5 rings (SSSR count). The van der Waals surface area contributed by atoms with Crippen LogP contribution in [0.5, 0.6) is 0 Å². The Balaban J connectivity index is 1.28. The Hall–Kier alpha value is -3.26. The summed E-state index contributed by atoms with van der Waals surface area (Å²) in [5.74, 6) is 0.927. The second kappa shape index (κ2) is 8.85. The van der Waals surface area contributed by atoms with Crippen LogP contribution in [0.1, 0.15) is 31.6 Å². The fourth-order valence-electron chi connectivity index (χ4n) is 3.99. The van der Waals surface area contributed by atoms with Gasteiger partial charge in [0.05, 0.1) is 5.69 Å². The minimum absolute atomic E-state index is 0.0915. The molecule has 1 aromatic carbocycles. The van der Waals surface area contributed by atoms with Gasteiger partial charge in [-0.3, -0.25) is 9.78 Å². The molecule has 7 nitrogen and oxygen atoms in total. The van der Waals surface area contributed by atoms with Crippen molar-refractivity contribution < 1.29 is 9.32 Å². The number of rotatable bonds is 6. The van der Waals surface area contributed by atoms with E-state index in [9.17, 15) is 4.79 Å². The number of nitrogens with one attached hydrogen (secondary N) is 1. The van der Waals surface area contributed by atoms with Gasteiger partial charge in [-0.1, -0.05) is 5.16 Å². The first kappa shape index (κ1) is 19.7. The zero-order valence-corrected chi connectivity index (χ0v) is 17.9. The standard InChI is InChI=1S/C23H23N5O2S/c29-21(6-7-22-26-23(27-30-22)16-9-13-31-15-16)25-19-4-5-20(28-11-2-1-3-12-28)17-8-10-24-14-18(17)19/h4-5,8-10,13-15H,1-3,6-7,11-12H2,(H,25,29). The number of piperidine rings is 1. The molecule has 31 heavy (non-hydrogen) atoms. The van der Waals surface area contributed by atoms with E-state index >= 15 is 0 Å². The molecule has 0 saturated carbocycles. The van der Waals surface area contributed by atoms with E-state index in [4.69, 9.17) is 4.52 Å². The van der Waals surface area contributed by atoms with Gasteiger partial charge in [0, 0.05) is 65.7 Å². The molecular weight excluding hydrogens is 410 g/mol. The quantitative estimate of drug-likeness (QED) is 0.465. The van der Waals surface area contributed by atoms with Crippen molar-refractivity contribution in [3.05, 3.63) is 53.3 Å². The number of aryl methyl sites for hydroxylation is 1. The predicted molar refractivity (Wildman–Crippen MR) is 122 cm³/mol. The van der Waals surface area contributed by atoms with Crippen LogP contribution in [0.4, 0.5) is 11.4 Å². The largest absolute Gasteiger partial charge is 0.371 e. The van der Waals surface area contributed by atoms with E-state index in [1.165, 1.54) is 24.9 Å². The summed E-state index contributed by atoms with van der Waals surface area (Å²) in [5, 5.41) is 13.0. The first-order valence-electron chi connectivity index (χ1n) is 10.5. The van der Waals surface area contributed by atoms with E-state index in [1.807, 2.05) is 41.4 Å². The highest BCUT2D eigenvalue weighted by molar-refractivity contribution is 7.08. The summed E-state index contributed by atoms with van der Waals surface area (Å²) in [7, 11) is 0. The highest BCUT2D eigenvalue weighted by Gasteiger charge is 2.16. The van der Waals surface area contributed by atoms with E-state index in [-0.39, 0.29) is 12.3 Å². The first-order valence-corrected chi connectivity index (χ1v) is 11.5. The maximum Gasteiger partial charge on any atom is 0.227 e. The van der Waals surface area contributed by atoms with Gasteiger partial charge in [-0.15, -0.1) is 0 Å². The monoisotopic (exact) mass is 433 g/mol. The zero-order chi connectivity index (χ0) is 21.0. The summed E-state index contributed by atoms with van der Waals surface area (Å²) in [6.07, 6.45) is 8.01. The highest BCUT2D eigenvalue weighted by Crippen LogP contribution is 2.33. The van der Waals surface area contributed by atoms with Gasteiger partial charge in [-0.05, 0) is 48.9 Å². The molecule has 8 heteroatoms. The zero-order valence-electron chi connectivity index (χ0n) is 17.1. The van der Waals surface area contributed by atoms with E-state index in [0.29, 0.717) is 18.1 Å². The van der Waals surface area contributed by atoms with Crippen molar-refractivity contribution in [2.75, 3.05) is 23.3 Å². The molecular formula is C23H23N5O2S. The predicted octanol–water partition coefficient (Wildman–Crippen LogP) is 4.91. The number of carbonyl (C=O) groups excluding carboxylic acids is 1. The van der Waals surface area contributed by atoms with Crippen LogP contribution in [0.3, 0.4) is 0 Å². The molecule has 4 aromatic rings. The van der Waals surface area contributed by atoms with Crippen LogP contribution in [-0.4, -0.2) is 34.1 Å². The van der Waals surface area contributed by atoms with Gasteiger partial charge in [0.1, 0.15) is 0 Å². The topological polar surface area (TPSA) is 84.1 Å². The van der Waals surface area contributed by atoms with Gasteiger partial charge in [0.2, 0.25) is 17.6 Å². The molecule has 0 radical (unpaired) electrons. The number of nitrogens with zero attached hydrogens (tertiary/aromatic N) is 4. The van der Waals surface area contributed by atoms with Gasteiger partial charge in [-0.2, -0.15) is 16.3 Å². The second-order valence-electron chi connectivity index (χ2n) is 7.67. The van der Waals surface area contributed by atoms with Crippen molar-refractivity contribution >= 4 is 39.4 Å². The van der Waals surface area contributed by atoms with Crippen molar-refractivity contribution in [1.29, 1.82) is 0 Å². The lowest BCUT2D eigenvalue weighted by Crippen LogP contribution is -2.29. The minimum atomic E-state index is -0.0915. The fraction of sp³-hybridized carbons (Fsp3) is 0.304. The smallest absolute Gasteiger partial charge is 0.227 e. The Labute approximate surface area is 184 Å². The Kier molecular flexibility index (Phi) is 5.62. The molecule has 1 amide bonds. The molecule has 158 valence electrons. The van der Waals surface area contributed by atoms with Crippen molar-refractivity contribution in [3.63, 3.8) is 0 Å². The number of amides is 1. The third-order valence-corrected chi connectivity index (χ3v) is 6.26. The van der Waals surface area contributed by atoms with E-state index in [1.54, 1.807) is 11.3 Å². The summed E-state index contributed by atoms with van der Waals surface area (Å²) in [6.45, 7) is 2.14. The summed E-state index contributed by atoms with van der Waals surface area (Å²) in [5.41, 5.74) is 2.91. The number of hydrogen-bond acceptors (Lipinski definition) is 7. The van der Waals surface area contributed by atoms with Crippen LogP contribution in [0.2, 0.25) is 0 Å². The van der Waals surface area contributed by atoms with Crippen LogP contribution in [-0.2, 0) is 11.2 Å². The lowest BCUT2D eigenvalue weighted by molar-refractivity contribution is -0.116. The van der Waals surface area contributed by atoms with E-state index in [2.05, 4.69) is 31.4 Å². The summed E-state index contributed by atoms with van der Waals surface area (Å²) in [4.78, 5) is 23.7. The van der Waals surface area contributed by atoms with Crippen molar-refractivity contribution in [2.45, 2.75) is 32.1 Å². The third kappa shape index (κ3) is 4.29. The molecule has 0 unspecified atom stereocenters. The average Bonchev–Trinajstić information content (AvgIpc) is 3.51. The van der Waals surface area contributed by atoms with Gasteiger partial charge >= 0.3 is 0 Å². The second-order valence-corrected chi connectivity index (χ2v) is 8.45. The fourth-order valence-corrected chi connectivity index (χ4v) is 4.63. The van der Waals surface area contributed by atoms with Crippen LogP contribution >= 0.6 is 11.3 Å². The molecule has 0 spiro atoms. The molecule has 4 heterocycles. The van der Waals surface area contributed by atoms with Crippen molar-refractivity contribution in [2.24, 2.45) is 0 Å². The average molecular weight is 434 g/mol. The number of hydrogen-bond donors (Lipinski definition) is 1. The molecule has 3 aromatic heterocycles. The molecule has 0 atom stereocenters. The van der Waals surface area contributed by atoms with Gasteiger partial charge in [-0.25, -0.2) is 0 Å². The van der Waals surface area contributed by atoms with Gasteiger partial charge in [0.15, 0.2) is 0 Å². The Morgan fingerprint density at radius 3 is 2.87 bits per heavy atom. The Morgan fingerprint density at radius 1 is 1.13 bits per heavy atom. The number of aromatic nitrogens is 3. The SMILES string of the molecule is O=C(CCc1nc(-c2ccsc2)no1)Nc1ccc(N2CCCCC2)c2ccncc12. The molecule has 1 aliphatic rings. The lowest BCUT2D eigenvalue weighted by atomic mass is 10.0. The maximum absolute atomic E-state index is 12.6. The molecule has 1 aliphatic heterocycles.